The lowest BCUT2D eigenvalue weighted by atomic mass is 10.0. The Kier molecular flexibility index (Phi) is 6.64. The second-order valence-corrected chi connectivity index (χ2v) is 5.89. The molecule has 0 saturated carbocycles. The van der Waals surface area contributed by atoms with Gasteiger partial charge in [0.15, 0.2) is 0 Å². The number of ether oxygens (including phenoxy) is 1. The van der Waals surface area contributed by atoms with Gasteiger partial charge in [-0.05, 0) is 44.2 Å². The van der Waals surface area contributed by atoms with E-state index in [1.165, 1.54) is 36.8 Å². The average Bonchev–Trinajstić information content (AvgIpc) is 2.30. The first-order chi connectivity index (χ1) is 8.17. The lowest BCUT2D eigenvalue weighted by Gasteiger charge is -2.11. The fourth-order valence-electron chi connectivity index (χ4n) is 2.07. The monoisotopic (exact) mass is 298 g/mol. The first-order valence-corrected chi connectivity index (χ1v) is 7.36. The molecule has 0 saturated heterocycles. The van der Waals surface area contributed by atoms with E-state index in [2.05, 4.69) is 48.0 Å². The SMILES string of the molecule is CCCC(Br)CCCc1cc(C)ccc1OC. The number of aryl methyl sites for hydroxylation is 2. The smallest absolute Gasteiger partial charge is 0.122 e. The van der Waals surface area contributed by atoms with Crippen LogP contribution in [0.1, 0.15) is 43.7 Å². The number of hydrogen-bond donors (Lipinski definition) is 0. The molecular weight excluding hydrogens is 276 g/mol. The molecule has 1 aromatic carbocycles. The normalized spacial score (nSPS) is 12.5. The summed E-state index contributed by atoms with van der Waals surface area (Å²) < 4.78 is 5.39. The van der Waals surface area contributed by atoms with Crippen LogP contribution in [0.4, 0.5) is 0 Å². The molecule has 1 rings (SSSR count). The van der Waals surface area contributed by atoms with E-state index in [0.29, 0.717) is 4.83 Å². The highest BCUT2D eigenvalue weighted by Crippen LogP contribution is 2.23. The zero-order valence-electron chi connectivity index (χ0n) is 11.1. The molecule has 96 valence electrons. The van der Waals surface area contributed by atoms with Gasteiger partial charge in [-0.1, -0.05) is 47.0 Å². The van der Waals surface area contributed by atoms with Crippen molar-refractivity contribution in [2.75, 3.05) is 7.11 Å². The third kappa shape index (κ3) is 5.12. The van der Waals surface area contributed by atoms with E-state index in [4.69, 9.17) is 4.74 Å². The highest BCUT2D eigenvalue weighted by Gasteiger charge is 2.06. The maximum absolute atomic E-state index is 5.39. The molecule has 1 unspecified atom stereocenters. The van der Waals surface area contributed by atoms with Crippen LogP contribution in [0.5, 0.6) is 5.75 Å². The van der Waals surface area contributed by atoms with E-state index in [-0.39, 0.29) is 0 Å². The fraction of sp³-hybridized carbons (Fsp3) is 0.600. The van der Waals surface area contributed by atoms with Crippen LogP contribution in [0.25, 0.3) is 0 Å². The molecule has 0 aliphatic carbocycles. The Balaban J connectivity index is 2.48. The van der Waals surface area contributed by atoms with Gasteiger partial charge in [0, 0.05) is 4.83 Å². The van der Waals surface area contributed by atoms with Crippen LogP contribution in [0, 0.1) is 6.92 Å². The van der Waals surface area contributed by atoms with Gasteiger partial charge in [-0.15, -0.1) is 0 Å². The van der Waals surface area contributed by atoms with Gasteiger partial charge in [0.05, 0.1) is 7.11 Å². The van der Waals surface area contributed by atoms with E-state index >= 15 is 0 Å². The van der Waals surface area contributed by atoms with Gasteiger partial charge in [-0.3, -0.25) is 0 Å². The molecule has 0 radical (unpaired) electrons. The molecule has 1 aromatic rings. The third-order valence-corrected chi connectivity index (χ3v) is 3.92. The van der Waals surface area contributed by atoms with Crippen molar-refractivity contribution in [3.8, 4) is 5.75 Å². The summed E-state index contributed by atoms with van der Waals surface area (Å²) in [5.74, 6) is 1.03. The number of hydrogen-bond acceptors (Lipinski definition) is 1. The molecule has 0 fully saturated rings. The molecule has 0 aliphatic rings. The summed E-state index contributed by atoms with van der Waals surface area (Å²) in [7, 11) is 1.75. The van der Waals surface area contributed by atoms with E-state index in [9.17, 15) is 0 Å². The number of rotatable bonds is 7. The van der Waals surface area contributed by atoms with Crippen LogP contribution < -0.4 is 4.74 Å². The van der Waals surface area contributed by atoms with Crippen molar-refractivity contribution in [3.05, 3.63) is 29.3 Å². The van der Waals surface area contributed by atoms with Crippen LogP contribution in [0.2, 0.25) is 0 Å². The number of alkyl halides is 1. The van der Waals surface area contributed by atoms with E-state index in [1.54, 1.807) is 7.11 Å². The molecule has 0 amide bonds. The van der Waals surface area contributed by atoms with Crippen molar-refractivity contribution < 1.29 is 4.74 Å². The van der Waals surface area contributed by atoms with Crippen LogP contribution in [-0.4, -0.2) is 11.9 Å². The van der Waals surface area contributed by atoms with Gasteiger partial charge in [0.1, 0.15) is 5.75 Å². The fourth-order valence-corrected chi connectivity index (χ4v) is 2.86. The summed E-state index contributed by atoms with van der Waals surface area (Å²) in [5.41, 5.74) is 2.65. The number of methoxy groups -OCH3 is 1. The third-order valence-electron chi connectivity index (χ3n) is 3.00. The summed E-state index contributed by atoms with van der Waals surface area (Å²) in [6.07, 6.45) is 6.09. The van der Waals surface area contributed by atoms with Crippen LogP contribution in [-0.2, 0) is 6.42 Å². The van der Waals surface area contributed by atoms with Crippen LogP contribution in [0.3, 0.4) is 0 Å². The minimum absolute atomic E-state index is 0.670. The maximum Gasteiger partial charge on any atom is 0.122 e. The van der Waals surface area contributed by atoms with Crippen molar-refractivity contribution in [1.82, 2.24) is 0 Å². The predicted molar refractivity (Wildman–Crippen MR) is 78.3 cm³/mol. The lowest BCUT2D eigenvalue weighted by molar-refractivity contribution is 0.408. The Morgan fingerprint density at radius 1 is 1.29 bits per heavy atom. The van der Waals surface area contributed by atoms with E-state index in [0.717, 1.165) is 12.2 Å². The minimum atomic E-state index is 0.670. The second-order valence-electron chi connectivity index (χ2n) is 4.59. The van der Waals surface area contributed by atoms with Gasteiger partial charge in [0.25, 0.3) is 0 Å². The highest BCUT2D eigenvalue weighted by atomic mass is 79.9. The second kappa shape index (κ2) is 7.75. The summed E-state index contributed by atoms with van der Waals surface area (Å²) >= 11 is 3.73. The first kappa shape index (κ1) is 14.6. The first-order valence-electron chi connectivity index (χ1n) is 6.45. The summed E-state index contributed by atoms with van der Waals surface area (Å²) in [6, 6.07) is 6.41. The standard InChI is InChI=1S/C15H23BrO/c1-4-6-14(16)8-5-7-13-11-12(2)9-10-15(13)17-3/h9-11,14H,4-8H2,1-3H3. The Morgan fingerprint density at radius 2 is 2.06 bits per heavy atom. The van der Waals surface area contributed by atoms with Gasteiger partial charge >= 0.3 is 0 Å². The largest absolute Gasteiger partial charge is 0.496 e. The molecule has 0 bridgehead atoms. The maximum atomic E-state index is 5.39. The highest BCUT2D eigenvalue weighted by molar-refractivity contribution is 9.09. The van der Waals surface area contributed by atoms with Gasteiger partial charge in [-0.25, -0.2) is 0 Å². The number of halogens is 1. The lowest BCUT2D eigenvalue weighted by Crippen LogP contribution is -1.99. The minimum Gasteiger partial charge on any atom is -0.496 e. The molecule has 1 atom stereocenters. The zero-order valence-corrected chi connectivity index (χ0v) is 12.7. The van der Waals surface area contributed by atoms with Crippen LogP contribution >= 0.6 is 15.9 Å². The van der Waals surface area contributed by atoms with E-state index in [1.807, 2.05) is 0 Å². The molecule has 0 aromatic heterocycles. The van der Waals surface area contributed by atoms with Crippen molar-refractivity contribution >= 4 is 15.9 Å². The molecule has 1 nitrogen and oxygen atoms in total. The summed E-state index contributed by atoms with van der Waals surface area (Å²) in [5, 5.41) is 0. The van der Waals surface area contributed by atoms with Crippen molar-refractivity contribution in [2.24, 2.45) is 0 Å². The molecule has 0 N–H and O–H groups in total. The molecule has 17 heavy (non-hydrogen) atoms. The number of benzene rings is 1. The molecule has 0 spiro atoms. The van der Waals surface area contributed by atoms with Gasteiger partial charge < -0.3 is 4.74 Å². The molecular formula is C15H23BrO. The Morgan fingerprint density at radius 3 is 2.71 bits per heavy atom. The average molecular weight is 299 g/mol. The Hall–Kier alpha value is -0.500. The summed E-state index contributed by atoms with van der Waals surface area (Å²) in [6.45, 7) is 4.37. The topological polar surface area (TPSA) is 9.23 Å². The van der Waals surface area contributed by atoms with Crippen molar-refractivity contribution in [3.63, 3.8) is 0 Å². The zero-order chi connectivity index (χ0) is 12.7. The quantitative estimate of drug-likeness (QED) is 0.651. The van der Waals surface area contributed by atoms with Gasteiger partial charge in [0.2, 0.25) is 0 Å². The predicted octanol–water partition coefficient (Wildman–Crippen LogP) is 4.89. The Bertz CT molecular complexity index is 336. The molecule has 2 heteroatoms. The summed E-state index contributed by atoms with van der Waals surface area (Å²) in [4.78, 5) is 0.670. The van der Waals surface area contributed by atoms with E-state index < -0.39 is 0 Å². The molecule has 0 aliphatic heterocycles. The van der Waals surface area contributed by atoms with Crippen LogP contribution in [0.15, 0.2) is 18.2 Å². The molecule has 0 heterocycles. The van der Waals surface area contributed by atoms with Crippen molar-refractivity contribution in [1.29, 1.82) is 0 Å². The van der Waals surface area contributed by atoms with Crippen molar-refractivity contribution in [2.45, 2.75) is 50.8 Å². The van der Waals surface area contributed by atoms with Gasteiger partial charge in [-0.2, -0.15) is 0 Å². The Labute approximate surface area is 114 Å².